The van der Waals surface area contributed by atoms with Gasteiger partial charge in [-0.25, -0.2) is 4.79 Å². The van der Waals surface area contributed by atoms with E-state index in [1.807, 2.05) is 13.8 Å². The number of rotatable bonds is 7. The third-order valence-corrected chi connectivity index (χ3v) is 3.39. The highest BCUT2D eigenvalue weighted by Crippen LogP contribution is 2.15. The topological polar surface area (TPSA) is 84.5 Å². The molecule has 6 heteroatoms. The summed E-state index contributed by atoms with van der Waals surface area (Å²) < 4.78 is 4.66. The van der Waals surface area contributed by atoms with Crippen molar-refractivity contribution >= 4 is 23.5 Å². The van der Waals surface area contributed by atoms with Crippen molar-refractivity contribution in [3.63, 3.8) is 0 Å². The number of ether oxygens (including phenoxy) is 1. The smallest absolute Gasteiger partial charge is 0.339 e. The summed E-state index contributed by atoms with van der Waals surface area (Å²) in [5.41, 5.74) is 0.626. The van der Waals surface area contributed by atoms with E-state index in [0.717, 1.165) is 12.8 Å². The summed E-state index contributed by atoms with van der Waals surface area (Å²) in [7, 11) is 1.27. The van der Waals surface area contributed by atoms with Crippen LogP contribution in [0.2, 0.25) is 0 Å². The van der Waals surface area contributed by atoms with E-state index in [4.69, 9.17) is 0 Å². The zero-order chi connectivity index (χ0) is 16.5. The van der Waals surface area contributed by atoms with Crippen molar-refractivity contribution in [2.24, 2.45) is 5.92 Å². The largest absolute Gasteiger partial charge is 0.465 e. The minimum atomic E-state index is -0.531. The van der Waals surface area contributed by atoms with E-state index in [-0.39, 0.29) is 23.9 Å². The first-order valence-electron chi connectivity index (χ1n) is 7.28. The Morgan fingerprint density at radius 2 is 1.77 bits per heavy atom. The minimum absolute atomic E-state index is 0.0878. The first-order valence-corrected chi connectivity index (χ1v) is 7.28. The first kappa shape index (κ1) is 17.7. The standard InChI is InChI=1S/C16H22N2O4/c1-4-11(5-2)15(20)17-10-14(19)18-13-9-7-6-8-12(13)16(21)22-3/h6-9,11H,4-5,10H2,1-3H3,(H,17,20)(H,18,19). The van der Waals surface area contributed by atoms with Gasteiger partial charge < -0.3 is 15.4 Å². The van der Waals surface area contributed by atoms with Crippen LogP contribution in [0.15, 0.2) is 24.3 Å². The van der Waals surface area contributed by atoms with E-state index in [9.17, 15) is 14.4 Å². The highest BCUT2D eigenvalue weighted by atomic mass is 16.5. The normalized spacial score (nSPS) is 10.2. The van der Waals surface area contributed by atoms with Crippen molar-refractivity contribution in [3.8, 4) is 0 Å². The van der Waals surface area contributed by atoms with Crippen LogP contribution >= 0.6 is 0 Å². The van der Waals surface area contributed by atoms with Crippen LogP contribution in [0.5, 0.6) is 0 Å². The second kappa shape index (κ2) is 8.81. The van der Waals surface area contributed by atoms with Crippen LogP contribution < -0.4 is 10.6 Å². The lowest BCUT2D eigenvalue weighted by molar-refractivity contribution is -0.127. The molecule has 0 unspecified atom stereocenters. The van der Waals surface area contributed by atoms with Gasteiger partial charge in [-0.3, -0.25) is 9.59 Å². The van der Waals surface area contributed by atoms with Crippen LogP contribution in [0.1, 0.15) is 37.0 Å². The fraction of sp³-hybridized carbons (Fsp3) is 0.438. The number of nitrogens with one attached hydrogen (secondary N) is 2. The fourth-order valence-corrected chi connectivity index (χ4v) is 2.05. The van der Waals surface area contributed by atoms with Crippen LogP contribution in [0, 0.1) is 5.92 Å². The van der Waals surface area contributed by atoms with Crippen molar-refractivity contribution in [2.45, 2.75) is 26.7 Å². The van der Waals surface area contributed by atoms with E-state index in [2.05, 4.69) is 15.4 Å². The number of hydrogen-bond donors (Lipinski definition) is 2. The molecule has 1 aromatic carbocycles. The maximum Gasteiger partial charge on any atom is 0.339 e. The van der Waals surface area contributed by atoms with Gasteiger partial charge in [-0.05, 0) is 25.0 Å². The molecule has 0 spiro atoms. The average Bonchev–Trinajstić information content (AvgIpc) is 2.54. The summed E-state index contributed by atoms with van der Waals surface area (Å²) in [5, 5.41) is 5.20. The molecule has 0 saturated carbocycles. The van der Waals surface area contributed by atoms with Crippen LogP contribution in [-0.4, -0.2) is 31.4 Å². The summed E-state index contributed by atoms with van der Waals surface area (Å²) in [6.07, 6.45) is 1.46. The number of anilines is 1. The van der Waals surface area contributed by atoms with Gasteiger partial charge in [0.2, 0.25) is 11.8 Å². The second-order valence-corrected chi connectivity index (χ2v) is 4.82. The van der Waals surface area contributed by atoms with Gasteiger partial charge >= 0.3 is 5.97 Å². The molecule has 120 valence electrons. The molecule has 0 radical (unpaired) electrons. The molecule has 2 N–H and O–H groups in total. The number of amides is 2. The van der Waals surface area contributed by atoms with Gasteiger partial charge in [0.05, 0.1) is 24.9 Å². The van der Waals surface area contributed by atoms with Gasteiger partial charge in [-0.15, -0.1) is 0 Å². The van der Waals surface area contributed by atoms with Crippen LogP contribution in [-0.2, 0) is 14.3 Å². The monoisotopic (exact) mass is 306 g/mol. The summed E-state index contributed by atoms with van der Waals surface area (Å²) in [6.45, 7) is 3.73. The molecule has 0 aliphatic rings. The summed E-state index contributed by atoms with van der Waals surface area (Å²) in [4.78, 5) is 35.3. The Morgan fingerprint density at radius 3 is 2.36 bits per heavy atom. The van der Waals surface area contributed by atoms with Gasteiger partial charge in [-0.2, -0.15) is 0 Å². The second-order valence-electron chi connectivity index (χ2n) is 4.82. The minimum Gasteiger partial charge on any atom is -0.465 e. The summed E-state index contributed by atoms with van der Waals surface area (Å²) in [6, 6.07) is 6.54. The van der Waals surface area contributed by atoms with Crippen molar-refractivity contribution in [2.75, 3.05) is 19.0 Å². The molecule has 0 aromatic heterocycles. The van der Waals surface area contributed by atoms with Crippen molar-refractivity contribution in [3.05, 3.63) is 29.8 Å². The number of esters is 1. The Labute approximate surface area is 130 Å². The Balaban J connectivity index is 2.63. The van der Waals surface area contributed by atoms with E-state index in [1.165, 1.54) is 7.11 Å². The maximum absolute atomic E-state index is 11.9. The lowest BCUT2D eigenvalue weighted by Crippen LogP contribution is -2.36. The Bertz CT molecular complexity index is 539. The summed E-state index contributed by atoms with van der Waals surface area (Å²) >= 11 is 0. The number of carbonyl (C=O) groups excluding carboxylic acids is 3. The molecule has 0 bridgehead atoms. The van der Waals surface area contributed by atoms with E-state index in [1.54, 1.807) is 24.3 Å². The zero-order valence-corrected chi connectivity index (χ0v) is 13.1. The molecule has 0 aliphatic carbocycles. The third kappa shape index (κ3) is 4.87. The van der Waals surface area contributed by atoms with Crippen molar-refractivity contribution in [1.29, 1.82) is 0 Å². The third-order valence-electron chi connectivity index (χ3n) is 3.39. The molecule has 0 atom stereocenters. The van der Waals surface area contributed by atoms with Gasteiger partial charge in [0, 0.05) is 5.92 Å². The molecular formula is C16H22N2O4. The van der Waals surface area contributed by atoms with E-state index in [0.29, 0.717) is 5.69 Å². The average molecular weight is 306 g/mol. The highest BCUT2D eigenvalue weighted by Gasteiger charge is 2.16. The lowest BCUT2D eigenvalue weighted by atomic mass is 10.0. The predicted octanol–water partition coefficient (Wildman–Crippen LogP) is 1.96. The van der Waals surface area contributed by atoms with Crippen molar-refractivity contribution < 1.29 is 19.1 Å². The Morgan fingerprint density at radius 1 is 1.14 bits per heavy atom. The quantitative estimate of drug-likeness (QED) is 0.754. The Kier molecular flexibility index (Phi) is 7.08. The maximum atomic E-state index is 11.9. The number of benzene rings is 1. The van der Waals surface area contributed by atoms with Crippen LogP contribution in [0.4, 0.5) is 5.69 Å². The predicted molar refractivity (Wildman–Crippen MR) is 83.5 cm³/mol. The van der Waals surface area contributed by atoms with Gasteiger partial charge in [0.25, 0.3) is 0 Å². The number of hydrogen-bond acceptors (Lipinski definition) is 4. The fourth-order valence-electron chi connectivity index (χ4n) is 2.05. The van der Waals surface area contributed by atoms with Crippen molar-refractivity contribution in [1.82, 2.24) is 5.32 Å². The number of carbonyl (C=O) groups is 3. The molecule has 0 aliphatic heterocycles. The SMILES string of the molecule is CCC(CC)C(=O)NCC(=O)Nc1ccccc1C(=O)OC. The molecule has 22 heavy (non-hydrogen) atoms. The molecule has 0 fully saturated rings. The number of methoxy groups -OCH3 is 1. The highest BCUT2D eigenvalue weighted by molar-refractivity contribution is 6.02. The van der Waals surface area contributed by atoms with E-state index >= 15 is 0 Å². The Hall–Kier alpha value is -2.37. The van der Waals surface area contributed by atoms with Crippen LogP contribution in [0.25, 0.3) is 0 Å². The van der Waals surface area contributed by atoms with Gasteiger partial charge in [0.1, 0.15) is 0 Å². The van der Waals surface area contributed by atoms with E-state index < -0.39 is 11.9 Å². The summed E-state index contributed by atoms with van der Waals surface area (Å²) in [5.74, 6) is -1.15. The molecule has 2 amide bonds. The molecular weight excluding hydrogens is 284 g/mol. The molecule has 1 aromatic rings. The van der Waals surface area contributed by atoms with Gasteiger partial charge in [-0.1, -0.05) is 26.0 Å². The van der Waals surface area contributed by atoms with Crippen LogP contribution in [0.3, 0.4) is 0 Å². The lowest BCUT2D eigenvalue weighted by Gasteiger charge is -2.13. The number of para-hydroxylation sites is 1. The zero-order valence-electron chi connectivity index (χ0n) is 13.1. The molecule has 6 nitrogen and oxygen atoms in total. The molecule has 1 rings (SSSR count). The van der Waals surface area contributed by atoms with Gasteiger partial charge in [0.15, 0.2) is 0 Å². The molecule has 0 heterocycles. The molecule has 0 saturated heterocycles. The first-order chi connectivity index (χ1) is 10.5.